The Labute approximate surface area is 113 Å². The lowest BCUT2D eigenvalue weighted by Crippen LogP contribution is -1.97. The fourth-order valence-corrected chi connectivity index (χ4v) is 2.08. The number of aromatic hydroxyl groups is 2. The molecule has 0 atom stereocenters. The summed E-state index contributed by atoms with van der Waals surface area (Å²) in [5.74, 6) is -0.874. The summed E-state index contributed by atoms with van der Waals surface area (Å²) in [4.78, 5) is 15.3. The molecule has 2 aromatic heterocycles. The van der Waals surface area contributed by atoms with Crippen molar-refractivity contribution >= 4 is 11.5 Å². The van der Waals surface area contributed by atoms with Crippen LogP contribution in [0.4, 0.5) is 0 Å². The van der Waals surface area contributed by atoms with Crippen molar-refractivity contribution in [3.05, 3.63) is 48.3 Å². The van der Waals surface area contributed by atoms with Crippen molar-refractivity contribution in [2.45, 2.75) is 0 Å². The van der Waals surface area contributed by atoms with Gasteiger partial charge in [0.05, 0.1) is 0 Å². The maximum Gasteiger partial charge on any atom is 0.356 e. The van der Waals surface area contributed by atoms with Crippen molar-refractivity contribution in [2.24, 2.45) is 0 Å². The van der Waals surface area contributed by atoms with E-state index in [9.17, 15) is 20.1 Å². The van der Waals surface area contributed by atoms with E-state index < -0.39 is 5.97 Å². The van der Waals surface area contributed by atoms with Gasteiger partial charge in [-0.3, -0.25) is 4.40 Å². The van der Waals surface area contributed by atoms with Crippen molar-refractivity contribution in [2.75, 3.05) is 0 Å². The van der Waals surface area contributed by atoms with E-state index in [1.807, 2.05) is 0 Å². The van der Waals surface area contributed by atoms with Crippen molar-refractivity contribution in [1.29, 1.82) is 0 Å². The number of carboxylic acid groups (broad SMARTS) is 1. The van der Waals surface area contributed by atoms with E-state index in [-0.39, 0.29) is 22.7 Å². The van der Waals surface area contributed by atoms with Gasteiger partial charge >= 0.3 is 5.97 Å². The number of hydrogen-bond acceptors (Lipinski definition) is 4. The average molecular weight is 270 g/mol. The fourth-order valence-electron chi connectivity index (χ4n) is 2.08. The number of pyridine rings is 1. The molecule has 1 aromatic carbocycles. The van der Waals surface area contributed by atoms with Crippen LogP contribution in [0.5, 0.6) is 11.5 Å². The van der Waals surface area contributed by atoms with Gasteiger partial charge in [-0.05, 0) is 36.4 Å². The molecule has 0 radical (unpaired) electrons. The average Bonchev–Trinajstić information content (AvgIpc) is 2.81. The molecule has 0 fully saturated rings. The van der Waals surface area contributed by atoms with E-state index in [1.165, 1.54) is 22.6 Å². The Morgan fingerprint density at radius 2 is 1.80 bits per heavy atom. The summed E-state index contributed by atoms with van der Waals surface area (Å²) in [7, 11) is 0. The molecule has 6 nitrogen and oxygen atoms in total. The lowest BCUT2D eigenvalue weighted by molar-refractivity contribution is 0.0693. The van der Waals surface area contributed by atoms with Crippen LogP contribution in [-0.2, 0) is 0 Å². The quantitative estimate of drug-likeness (QED) is 0.663. The molecule has 100 valence electrons. The number of aromatic carboxylic acids is 1. The zero-order chi connectivity index (χ0) is 14.3. The van der Waals surface area contributed by atoms with Crippen LogP contribution in [0, 0.1) is 0 Å². The first kappa shape index (κ1) is 12.0. The maximum absolute atomic E-state index is 11.2. The number of imidazole rings is 1. The number of phenols is 1. The highest BCUT2D eigenvalue weighted by molar-refractivity contribution is 5.96. The lowest BCUT2D eigenvalue weighted by atomic mass is 10.2. The number of phenolic OH excluding ortho intramolecular Hbond substituents is 1. The summed E-state index contributed by atoms with van der Waals surface area (Å²) in [5.41, 5.74) is 0.560. The number of fused-ring (bicyclic) bond motifs is 1. The number of nitrogens with zero attached hydrogens (tertiary/aromatic N) is 2. The predicted octanol–water partition coefficient (Wildman–Crippen LogP) is 2.11. The third kappa shape index (κ3) is 1.74. The molecule has 2 heterocycles. The van der Waals surface area contributed by atoms with Gasteiger partial charge in [0, 0.05) is 11.8 Å². The number of rotatable bonds is 2. The van der Waals surface area contributed by atoms with Gasteiger partial charge in [-0.15, -0.1) is 0 Å². The minimum Gasteiger partial charge on any atom is -0.508 e. The van der Waals surface area contributed by atoms with Crippen molar-refractivity contribution in [3.8, 4) is 22.9 Å². The maximum atomic E-state index is 11.2. The SMILES string of the molecule is O=C(O)c1nc(-c2ccc(O)cc2)n2cccc(O)c12. The van der Waals surface area contributed by atoms with Crippen LogP contribution in [0.1, 0.15) is 10.5 Å². The molecular formula is C14H10N2O4. The molecule has 3 rings (SSSR count). The van der Waals surface area contributed by atoms with Crippen LogP contribution in [0.15, 0.2) is 42.6 Å². The van der Waals surface area contributed by atoms with Crippen LogP contribution in [-0.4, -0.2) is 30.7 Å². The van der Waals surface area contributed by atoms with E-state index in [1.54, 1.807) is 24.4 Å². The normalized spacial score (nSPS) is 10.8. The molecule has 0 aliphatic rings. The molecule has 0 spiro atoms. The largest absolute Gasteiger partial charge is 0.508 e. The van der Waals surface area contributed by atoms with Gasteiger partial charge in [-0.25, -0.2) is 9.78 Å². The minimum absolute atomic E-state index is 0.107. The lowest BCUT2D eigenvalue weighted by Gasteiger charge is -2.02. The molecule has 0 amide bonds. The van der Waals surface area contributed by atoms with E-state index in [4.69, 9.17) is 0 Å². The Kier molecular flexibility index (Phi) is 2.57. The van der Waals surface area contributed by atoms with Gasteiger partial charge in [-0.1, -0.05) is 0 Å². The van der Waals surface area contributed by atoms with Crippen LogP contribution < -0.4 is 0 Å². The van der Waals surface area contributed by atoms with Gasteiger partial charge in [0.2, 0.25) is 0 Å². The summed E-state index contributed by atoms with van der Waals surface area (Å²) in [6.45, 7) is 0. The van der Waals surface area contributed by atoms with Gasteiger partial charge in [0.25, 0.3) is 0 Å². The zero-order valence-corrected chi connectivity index (χ0v) is 10.2. The Morgan fingerprint density at radius 1 is 1.10 bits per heavy atom. The number of carbonyl (C=O) groups is 1. The first-order chi connectivity index (χ1) is 9.58. The first-order valence-electron chi connectivity index (χ1n) is 5.80. The Bertz CT molecular complexity index is 806. The topological polar surface area (TPSA) is 95.1 Å². The van der Waals surface area contributed by atoms with E-state index in [0.717, 1.165) is 0 Å². The molecule has 3 N–H and O–H groups in total. The number of hydrogen-bond donors (Lipinski definition) is 3. The van der Waals surface area contributed by atoms with Crippen molar-refractivity contribution in [3.63, 3.8) is 0 Å². The highest BCUT2D eigenvalue weighted by atomic mass is 16.4. The Hall–Kier alpha value is -3.02. The smallest absolute Gasteiger partial charge is 0.356 e. The van der Waals surface area contributed by atoms with Crippen LogP contribution in [0.2, 0.25) is 0 Å². The van der Waals surface area contributed by atoms with Crippen LogP contribution in [0.3, 0.4) is 0 Å². The summed E-state index contributed by atoms with van der Waals surface area (Å²) in [5, 5.41) is 28.3. The fraction of sp³-hybridized carbons (Fsp3) is 0. The van der Waals surface area contributed by atoms with E-state index >= 15 is 0 Å². The van der Waals surface area contributed by atoms with Crippen LogP contribution in [0.25, 0.3) is 16.9 Å². The molecular weight excluding hydrogens is 260 g/mol. The number of carboxylic acids is 1. The van der Waals surface area contributed by atoms with Gasteiger partial charge in [0.1, 0.15) is 22.8 Å². The molecule has 20 heavy (non-hydrogen) atoms. The second-order valence-corrected chi connectivity index (χ2v) is 4.25. The molecule has 0 unspecified atom stereocenters. The minimum atomic E-state index is -1.21. The Balaban J connectivity index is 2.34. The summed E-state index contributed by atoms with van der Waals surface area (Å²) in [6, 6.07) is 9.22. The first-order valence-corrected chi connectivity index (χ1v) is 5.80. The number of aromatic nitrogens is 2. The molecule has 0 aliphatic carbocycles. The molecule has 0 bridgehead atoms. The highest BCUT2D eigenvalue weighted by Gasteiger charge is 2.20. The molecule has 0 aliphatic heterocycles. The summed E-state index contributed by atoms with van der Waals surface area (Å²) >= 11 is 0. The third-order valence-corrected chi connectivity index (χ3v) is 2.97. The zero-order valence-electron chi connectivity index (χ0n) is 10.2. The molecule has 0 saturated heterocycles. The molecule has 6 heteroatoms. The summed E-state index contributed by atoms with van der Waals surface area (Å²) < 4.78 is 1.51. The van der Waals surface area contributed by atoms with E-state index in [0.29, 0.717) is 11.4 Å². The second-order valence-electron chi connectivity index (χ2n) is 4.25. The Morgan fingerprint density at radius 3 is 2.45 bits per heavy atom. The third-order valence-electron chi connectivity index (χ3n) is 2.97. The standard InChI is InChI=1S/C14H10N2O4/c17-9-5-3-8(4-6-9)13-15-11(14(19)20)12-10(18)2-1-7-16(12)13/h1-7,17-18H,(H,19,20). The van der Waals surface area contributed by atoms with Gasteiger partial charge in [0.15, 0.2) is 5.69 Å². The van der Waals surface area contributed by atoms with Crippen LogP contribution >= 0.6 is 0 Å². The van der Waals surface area contributed by atoms with Crippen molar-refractivity contribution < 1.29 is 20.1 Å². The monoisotopic (exact) mass is 270 g/mol. The number of benzene rings is 1. The molecule has 0 saturated carbocycles. The predicted molar refractivity (Wildman–Crippen MR) is 70.9 cm³/mol. The molecule has 3 aromatic rings. The summed E-state index contributed by atoms with van der Waals surface area (Å²) in [6.07, 6.45) is 1.62. The second kappa shape index (κ2) is 4.27. The van der Waals surface area contributed by atoms with Gasteiger partial charge < -0.3 is 15.3 Å². The van der Waals surface area contributed by atoms with E-state index in [2.05, 4.69) is 4.98 Å². The highest BCUT2D eigenvalue weighted by Crippen LogP contribution is 2.29. The van der Waals surface area contributed by atoms with Gasteiger partial charge in [-0.2, -0.15) is 0 Å². The van der Waals surface area contributed by atoms with Crippen molar-refractivity contribution in [1.82, 2.24) is 9.38 Å².